The topological polar surface area (TPSA) is 66.6 Å². The van der Waals surface area contributed by atoms with Crippen molar-refractivity contribution in [2.24, 2.45) is 5.73 Å². The maximum absolute atomic E-state index is 12.6. The predicted molar refractivity (Wildman–Crippen MR) is 72.4 cm³/mol. The number of hydrogen-bond acceptors (Lipinski definition) is 3. The zero-order valence-electron chi connectivity index (χ0n) is 11.3. The first-order valence-electron chi connectivity index (χ1n) is 6.97. The van der Waals surface area contributed by atoms with E-state index in [1.807, 2.05) is 0 Å². The minimum atomic E-state index is -3.33. The van der Waals surface area contributed by atoms with E-state index in [4.69, 9.17) is 5.73 Å². The van der Waals surface area contributed by atoms with Crippen molar-refractivity contribution in [1.82, 2.24) is 8.61 Å². The predicted octanol–water partition coefficient (Wildman–Crippen LogP) is 0.920. The Labute approximate surface area is 110 Å². The lowest BCUT2D eigenvalue weighted by Gasteiger charge is -2.40. The summed E-state index contributed by atoms with van der Waals surface area (Å²) in [6.45, 7) is 1.75. The summed E-state index contributed by atoms with van der Waals surface area (Å²) in [5.41, 5.74) is 5.53. The molecule has 0 bridgehead atoms. The Balaban J connectivity index is 2.17. The number of nitrogens with two attached hydrogens (primary N) is 1. The Hall–Kier alpha value is -0.170. The van der Waals surface area contributed by atoms with Crippen LogP contribution in [0.4, 0.5) is 0 Å². The lowest BCUT2D eigenvalue weighted by atomic mass is 9.98. The third-order valence-electron chi connectivity index (χ3n) is 4.57. The van der Waals surface area contributed by atoms with Gasteiger partial charge in [0.1, 0.15) is 0 Å². The van der Waals surface area contributed by atoms with Crippen LogP contribution in [0.15, 0.2) is 0 Å². The van der Waals surface area contributed by atoms with Gasteiger partial charge in [-0.15, -0.1) is 0 Å². The van der Waals surface area contributed by atoms with Crippen LogP contribution in [0.1, 0.15) is 44.9 Å². The molecular weight excluding hydrogens is 250 g/mol. The van der Waals surface area contributed by atoms with E-state index >= 15 is 0 Å². The maximum Gasteiger partial charge on any atom is 0.282 e. The number of likely N-dealkylation sites (N-methyl/N-ethyl adjacent to an activating group) is 1. The van der Waals surface area contributed by atoms with Gasteiger partial charge >= 0.3 is 0 Å². The van der Waals surface area contributed by atoms with Crippen molar-refractivity contribution < 1.29 is 8.42 Å². The summed E-state index contributed by atoms with van der Waals surface area (Å²) in [7, 11) is -1.62. The van der Waals surface area contributed by atoms with E-state index in [0.717, 1.165) is 44.9 Å². The van der Waals surface area contributed by atoms with Crippen LogP contribution in [0, 0.1) is 0 Å². The lowest BCUT2D eigenvalue weighted by molar-refractivity contribution is 0.207. The third kappa shape index (κ3) is 2.43. The van der Waals surface area contributed by atoms with Crippen molar-refractivity contribution in [2.45, 2.75) is 50.5 Å². The van der Waals surface area contributed by atoms with E-state index in [2.05, 4.69) is 0 Å². The minimum Gasteiger partial charge on any atom is -0.329 e. The third-order valence-corrected chi connectivity index (χ3v) is 6.67. The molecule has 2 aliphatic rings. The summed E-state index contributed by atoms with van der Waals surface area (Å²) >= 11 is 0. The average Bonchev–Trinajstić information content (AvgIpc) is 2.88. The van der Waals surface area contributed by atoms with Crippen molar-refractivity contribution in [3.8, 4) is 0 Å². The van der Waals surface area contributed by atoms with Gasteiger partial charge in [-0.1, -0.05) is 19.3 Å². The molecule has 0 amide bonds. The zero-order chi connectivity index (χ0) is 13.2. The van der Waals surface area contributed by atoms with Crippen LogP contribution < -0.4 is 5.73 Å². The van der Waals surface area contributed by atoms with Gasteiger partial charge in [-0.3, -0.25) is 0 Å². The largest absolute Gasteiger partial charge is 0.329 e. The standard InChI is InChI=1S/C12H25N3O2S/c1-14(12(11-13)7-3-4-8-12)18(16,17)15-9-5-2-6-10-15/h2-11,13H2,1H3. The molecule has 0 unspecified atom stereocenters. The summed E-state index contributed by atoms with van der Waals surface area (Å²) in [5.74, 6) is 0. The van der Waals surface area contributed by atoms with Crippen molar-refractivity contribution in [1.29, 1.82) is 0 Å². The SMILES string of the molecule is CN(C1(CN)CCCC1)S(=O)(=O)N1CCCCC1. The quantitative estimate of drug-likeness (QED) is 0.829. The molecule has 0 radical (unpaired) electrons. The van der Waals surface area contributed by atoms with E-state index in [-0.39, 0.29) is 5.54 Å². The normalized spacial score (nSPS) is 25.7. The van der Waals surface area contributed by atoms with E-state index in [9.17, 15) is 8.42 Å². The van der Waals surface area contributed by atoms with E-state index in [1.165, 1.54) is 0 Å². The fourth-order valence-electron chi connectivity index (χ4n) is 3.19. The van der Waals surface area contributed by atoms with Crippen LogP contribution in [0.5, 0.6) is 0 Å². The van der Waals surface area contributed by atoms with Gasteiger partial charge in [-0.05, 0) is 25.7 Å². The molecule has 106 valence electrons. The van der Waals surface area contributed by atoms with Crippen LogP contribution in [0.3, 0.4) is 0 Å². The molecule has 1 saturated carbocycles. The molecule has 0 atom stereocenters. The van der Waals surface area contributed by atoms with Crippen molar-refractivity contribution in [3.05, 3.63) is 0 Å². The van der Waals surface area contributed by atoms with Crippen molar-refractivity contribution in [3.63, 3.8) is 0 Å². The summed E-state index contributed by atoms with van der Waals surface area (Å²) in [4.78, 5) is 0. The fraction of sp³-hybridized carbons (Fsp3) is 1.00. The summed E-state index contributed by atoms with van der Waals surface area (Å²) < 4.78 is 28.5. The molecule has 0 aromatic carbocycles. The van der Waals surface area contributed by atoms with Crippen LogP contribution >= 0.6 is 0 Å². The number of nitrogens with zero attached hydrogens (tertiary/aromatic N) is 2. The summed E-state index contributed by atoms with van der Waals surface area (Å²) in [6.07, 6.45) is 7.04. The van der Waals surface area contributed by atoms with E-state index < -0.39 is 10.2 Å². The molecule has 5 nitrogen and oxygen atoms in total. The van der Waals surface area contributed by atoms with Gasteiger partial charge in [0, 0.05) is 32.2 Å². The van der Waals surface area contributed by atoms with E-state index in [1.54, 1.807) is 15.7 Å². The monoisotopic (exact) mass is 275 g/mol. The second-order valence-electron chi connectivity index (χ2n) is 5.57. The highest BCUT2D eigenvalue weighted by molar-refractivity contribution is 7.86. The van der Waals surface area contributed by atoms with Crippen LogP contribution in [-0.4, -0.2) is 49.2 Å². The van der Waals surface area contributed by atoms with Gasteiger partial charge < -0.3 is 5.73 Å². The first-order chi connectivity index (χ1) is 8.53. The molecule has 1 aliphatic heterocycles. The van der Waals surface area contributed by atoms with Gasteiger partial charge in [0.2, 0.25) is 0 Å². The fourth-order valence-corrected chi connectivity index (χ4v) is 5.01. The van der Waals surface area contributed by atoms with Gasteiger partial charge in [0.05, 0.1) is 0 Å². The molecule has 6 heteroatoms. The highest BCUT2D eigenvalue weighted by atomic mass is 32.2. The Bertz CT molecular complexity index is 371. The molecule has 0 spiro atoms. The highest BCUT2D eigenvalue weighted by Crippen LogP contribution is 2.36. The Kier molecular flexibility index (Phi) is 4.31. The average molecular weight is 275 g/mol. The van der Waals surface area contributed by atoms with Crippen LogP contribution in [-0.2, 0) is 10.2 Å². The Morgan fingerprint density at radius 1 is 1.11 bits per heavy atom. The van der Waals surface area contributed by atoms with Crippen LogP contribution in [0.2, 0.25) is 0 Å². The second-order valence-corrected chi connectivity index (χ2v) is 7.53. The smallest absolute Gasteiger partial charge is 0.282 e. The van der Waals surface area contributed by atoms with Crippen molar-refractivity contribution in [2.75, 3.05) is 26.7 Å². The summed E-state index contributed by atoms with van der Waals surface area (Å²) in [6, 6.07) is 0. The van der Waals surface area contributed by atoms with Gasteiger partial charge in [0.15, 0.2) is 0 Å². The molecule has 2 N–H and O–H groups in total. The molecule has 1 heterocycles. The minimum absolute atomic E-state index is 0.337. The van der Waals surface area contributed by atoms with Crippen molar-refractivity contribution >= 4 is 10.2 Å². The van der Waals surface area contributed by atoms with Gasteiger partial charge in [-0.25, -0.2) is 0 Å². The van der Waals surface area contributed by atoms with Gasteiger partial charge in [-0.2, -0.15) is 17.0 Å². The first-order valence-corrected chi connectivity index (χ1v) is 8.37. The molecule has 18 heavy (non-hydrogen) atoms. The molecule has 1 saturated heterocycles. The molecule has 2 fully saturated rings. The molecule has 0 aromatic rings. The Morgan fingerprint density at radius 2 is 1.67 bits per heavy atom. The maximum atomic E-state index is 12.6. The molecule has 1 aliphatic carbocycles. The number of piperidine rings is 1. The molecular formula is C12H25N3O2S. The summed E-state index contributed by atoms with van der Waals surface area (Å²) in [5, 5.41) is 0. The van der Waals surface area contributed by atoms with Gasteiger partial charge in [0.25, 0.3) is 10.2 Å². The number of rotatable bonds is 4. The Morgan fingerprint density at radius 3 is 2.17 bits per heavy atom. The highest BCUT2D eigenvalue weighted by Gasteiger charge is 2.44. The number of hydrogen-bond donors (Lipinski definition) is 1. The first kappa shape index (κ1) is 14.2. The molecule has 0 aromatic heterocycles. The zero-order valence-corrected chi connectivity index (χ0v) is 12.1. The van der Waals surface area contributed by atoms with Crippen LogP contribution in [0.25, 0.3) is 0 Å². The molecule has 2 rings (SSSR count). The second kappa shape index (κ2) is 5.45. The van der Waals surface area contributed by atoms with E-state index in [0.29, 0.717) is 19.6 Å². The lowest BCUT2D eigenvalue weighted by Crippen LogP contribution is -2.57.